The SMILES string of the molecule is Cc1ccc(NS(=O)(=O)c2ccc(C#N)cc2N)nc1. The molecule has 7 heteroatoms. The van der Waals surface area contributed by atoms with Crippen molar-refractivity contribution in [3.8, 4) is 6.07 Å². The van der Waals surface area contributed by atoms with E-state index in [0.717, 1.165) is 5.56 Å². The summed E-state index contributed by atoms with van der Waals surface area (Å²) in [6.45, 7) is 1.85. The minimum atomic E-state index is -3.83. The third-order valence-corrected chi connectivity index (χ3v) is 4.01. The lowest BCUT2D eigenvalue weighted by molar-refractivity contribution is 0.601. The lowest BCUT2D eigenvalue weighted by Crippen LogP contribution is -2.15. The predicted molar refractivity (Wildman–Crippen MR) is 75.4 cm³/mol. The molecule has 0 spiro atoms. The van der Waals surface area contributed by atoms with Crippen molar-refractivity contribution in [3.05, 3.63) is 47.7 Å². The van der Waals surface area contributed by atoms with Gasteiger partial charge in [0.2, 0.25) is 0 Å². The molecule has 0 fully saturated rings. The molecule has 0 saturated carbocycles. The average Bonchev–Trinajstić information content (AvgIpc) is 2.40. The summed E-state index contributed by atoms with van der Waals surface area (Å²) in [6, 6.07) is 9.21. The quantitative estimate of drug-likeness (QED) is 0.834. The van der Waals surface area contributed by atoms with Crippen molar-refractivity contribution in [2.24, 2.45) is 0 Å². The molecule has 0 aliphatic heterocycles. The van der Waals surface area contributed by atoms with Gasteiger partial charge in [0.05, 0.1) is 17.3 Å². The van der Waals surface area contributed by atoms with Gasteiger partial charge in [0, 0.05) is 6.20 Å². The van der Waals surface area contributed by atoms with Crippen molar-refractivity contribution in [2.45, 2.75) is 11.8 Å². The highest BCUT2D eigenvalue weighted by molar-refractivity contribution is 7.92. The maximum atomic E-state index is 12.2. The summed E-state index contributed by atoms with van der Waals surface area (Å²) >= 11 is 0. The van der Waals surface area contributed by atoms with Crippen molar-refractivity contribution in [1.82, 2.24) is 4.98 Å². The van der Waals surface area contributed by atoms with Gasteiger partial charge in [0.25, 0.3) is 10.0 Å². The fraction of sp³-hybridized carbons (Fsp3) is 0.0769. The lowest BCUT2D eigenvalue weighted by atomic mass is 10.2. The first kappa shape index (κ1) is 13.8. The standard InChI is InChI=1S/C13H12N4O2S/c1-9-2-5-13(16-8-9)17-20(18,19)12-4-3-10(7-14)6-11(12)15/h2-6,8H,15H2,1H3,(H,16,17). The number of nitriles is 1. The van der Waals surface area contributed by atoms with E-state index in [1.807, 2.05) is 13.0 Å². The average molecular weight is 288 g/mol. The van der Waals surface area contributed by atoms with Crippen LogP contribution in [0.2, 0.25) is 0 Å². The van der Waals surface area contributed by atoms with Gasteiger partial charge in [-0.2, -0.15) is 5.26 Å². The number of pyridine rings is 1. The molecule has 2 aromatic rings. The molecule has 6 nitrogen and oxygen atoms in total. The van der Waals surface area contributed by atoms with Gasteiger partial charge < -0.3 is 5.73 Å². The molecule has 0 radical (unpaired) electrons. The van der Waals surface area contributed by atoms with Crippen LogP contribution >= 0.6 is 0 Å². The molecule has 0 bridgehead atoms. The summed E-state index contributed by atoms with van der Waals surface area (Å²) < 4.78 is 26.7. The first-order valence-corrected chi connectivity index (χ1v) is 7.16. The fourth-order valence-corrected chi connectivity index (χ4v) is 2.71. The third kappa shape index (κ3) is 2.87. The number of aryl methyl sites for hydroxylation is 1. The predicted octanol–water partition coefficient (Wildman–Crippen LogP) is 1.64. The zero-order chi connectivity index (χ0) is 14.8. The third-order valence-electron chi connectivity index (χ3n) is 2.58. The molecule has 20 heavy (non-hydrogen) atoms. The first-order valence-electron chi connectivity index (χ1n) is 5.67. The Hall–Kier alpha value is -2.59. The van der Waals surface area contributed by atoms with Gasteiger partial charge in [-0.05, 0) is 36.8 Å². The van der Waals surface area contributed by atoms with Gasteiger partial charge in [0.15, 0.2) is 0 Å². The largest absolute Gasteiger partial charge is 0.398 e. The van der Waals surface area contributed by atoms with E-state index in [9.17, 15) is 8.42 Å². The monoisotopic (exact) mass is 288 g/mol. The summed E-state index contributed by atoms with van der Waals surface area (Å²) in [5.41, 5.74) is 6.91. The Kier molecular flexibility index (Phi) is 3.59. The summed E-state index contributed by atoms with van der Waals surface area (Å²) in [6.07, 6.45) is 1.56. The number of rotatable bonds is 3. The highest BCUT2D eigenvalue weighted by Crippen LogP contribution is 2.21. The maximum Gasteiger partial charge on any atom is 0.265 e. The van der Waals surface area contributed by atoms with Crippen LogP contribution in [-0.2, 0) is 10.0 Å². The Bertz CT molecular complexity index is 777. The molecule has 2 rings (SSSR count). The molecule has 0 aliphatic rings. The van der Waals surface area contributed by atoms with Crippen LogP contribution in [0.1, 0.15) is 11.1 Å². The smallest absolute Gasteiger partial charge is 0.265 e. The molecule has 1 aromatic carbocycles. The summed E-state index contributed by atoms with van der Waals surface area (Å²) in [7, 11) is -3.83. The molecule has 1 aromatic heterocycles. The van der Waals surface area contributed by atoms with Crippen LogP contribution < -0.4 is 10.5 Å². The molecule has 1 heterocycles. The van der Waals surface area contributed by atoms with Crippen molar-refractivity contribution >= 4 is 21.5 Å². The van der Waals surface area contributed by atoms with E-state index in [2.05, 4.69) is 9.71 Å². The highest BCUT2D eigenvalue weighted by Gasteiger charge is 2.18. The van der Waals surface area contributed by atoms with E-state index in [1.165, 1.54) is 18.2 Å². The molecule has 0 unspecified atom stereocenters. The Balaban J connectivity index is 2.36. The van der Waals surface area contributed by atoms with Gasteiger partial charge in [-0.25, -0.2) is 13.4 Å². The molecule has 0 atom stereocenters. The van der Waals surface area contributed by atoms with Crippen LogP contribution in [0.15, 0.2) is 41.4 Å². The van der Waals surface area contributed by atoms with Crippen LogP contribution in [0.4, 0.5) is 11.5 Å². The second-order valence-electron chi connectivity index (χ2n) is 4.19. The second kappa shape index (κ2) is 5.19. The van der Waals surface area contributed by atoms with Gasteiger partial charge in [-0.1, -0.05) is 6.07 Å². The van der Waals surface area contributed by atoms with E-state index >= 15 is 0 Å². The number of nitrogens with two attached hydrogens (primary N) is 1. The van der Waals surface area contributed by atoms with Crippen molar-refractivity contribution in [3.63, 3.8) is 0 Å². The molecular formula is C13H12N4O2S. The number of sulfonamides is 1. The van der Waals surface area contributed by atoms with E-state index in [4.69, 9.17) is 11.0 Å². The van der Waals surface area contributed by atoms with Crippen LogP contribution in [0.25, 0.3) is 0 Å². The molecule has 0 amide bonds. The van der Waals surface area contributed by atoms with E-state index in [1.54, 1.807) is 18.3 Å². The Morgan fingerprint density at radius 1 is 1.30 bits per heavy atom. The lowest BCUT2D eigenvalue weighted by Gasteiger charge is -2.09. The highest BCUT2D eigenvalue weighted by atomic mass is 32.2. The number of aromatic nitrogens is 1. The molecule has 3 N–H and O–H groups in total. The van der Waals surface area contributed by atoms with E-state index in [0.29, 0.717) is 5.56 Å². The number of nitrogen functional groups attached to an aromatic ring is 1. The Labute approximate surface area is 116 Å². The van der Waals surface area contributed by atoms with Gasteiger partial charge in [0.1, 0.15) is 10.7 Å². The fourth-order valence-electron chi connectivity index (χ4n) is 1.58. The normalized spacial score (nSPS) is 10.8. The number of hydrogen-bond acceptors (Lipinski definition) is 5. The van der Waals surface area contributed by atoms with Gasteiger partial charge in [-0.15, -0.1) is 0 Å². The zero-order valence-corrected chi connectivity index (χ0v) is 11.5. The Morgan fingerprint density at radius 3 is 2.60 bits per heavy atom. The number of hydrogen-bond donors (Lipinski definition) is 2. The molecule has 0 saturated heterocycles. The number of anilines is 2. The first-order chi connectivity index (χ1) is 9.42. The van der Waals surface area contributed by atoms with Crippen molar-refractivity contribution in [2.75, 3.05) is 10.5 Å². The number of nitrogens with one attached hydrogen (secondary N) is 1. The van der Waals surface area contributed by atoms with Crippen LogP contribution in [-0.4, -0.2) is 13.4 Å². The van der Waals surface area contributed by atoms with Crippen LogP contribution in [0.3, 0.4) is 0 Å². The van der Waals surface area contributed by atoms with Crippen molar-refractivity contribution < 1.29 is 8.42 Å². The summed E-state index contributed by atoms with van der Waals surface area (Å²) in [5, 5.41) is 8.74. The second-order valence-corrected chi connectivity index (χ2v) is 5.84. The summed E-state index contributed by atoms with van der Waals surface area (Å²) in [5.74, 6) is 0.208. The minimum absolute atomic E-state index is 0.0173. The van der Waals surface area contributed by atoms with Gasteiger partial charge >= 0.3 is 0 Å². The Morgan fingerprint density at radius 2 is 2.05 bits per heavy atom. The van der Waals surface area contributed by atoms with E-state index in [-0.39, 0.29) is 16.4 Å². The number of nitrogens with zero attached hydrogens (tertiary/aromatic N) is 2. The molecule has 102 valence electrons. The molecule has 0 aliphatic carbocycles. The van der Waals surface area contributed by atoms with Crippen molar-refractivity contribution in [1.29, 1.82) is 5.26 Å². The van der Waals surface area contributed by atoms with Crippen LogP contribution in [0.5, 0.6) is 0 Å². The summed E-state index contributed by atoms with van der Waals surface area (Å²) in [4.78, 5) is 3.88. The van der Waals surface area contributed by atoms with Crippen LogP contribution in [0, 0.1) is 18.3 Å². The topological polar surface area (TPSA) is 109 Å². The zero-order valence-electron chi connectivity index (χ0n) is 10.7. The minimum Gasteiger partial charge on any atom is -0.398 e. The van der Waals surface area contributed by atoms with E-state index < -0.39 is 10.0 Å². The van der Waals surface area contributed by atoms with Gasteiger partial charge in [-0.3, -0.25) is 4.72 Å². The maximum absolute atomic E-state index is 12.2. The molecular weight excluding hydrogens is 276 g/mol. The number of benzene rings is 1.